The average molecular weight is 408 g/mol. The third-order valence-corrected chi connectivity index (χ3v) is 4.15. The van der Waals surface area contributed by atoms with Crippen LogP contribution in [-0.4, -0.2) is 24.6 Å². The number of carbonyl (C=O) groups is 2. The number of ether oxygens (including phenoxy) is 2. The van der Waals surface area contributed by atoms with Gasteiger partial charge >= 0.3 is 5.97 Å². The van der Waals surface area contributed by atoms with E-state index in [1.54, 1.807) is 42.5 Å². The molecule has 0 unspecified atom stereocenters. The fourth-order valence-electron chi connectivity index (χ4n) is 2.17. The molecule has 0 bridgehead atoms. The normalized spacial score (nSPS) is 11.9. The number of nitrogens with one attached hydrogen (secondary N) is 1. The molecule has 0 radical (unpaired) electrons. The van der Waals surface area contributed by atoms with Crippen LogP contribution < -0.4 is 10.1 Å². The lowest BCUT2D eigenvalue weighted by Crippen LogP contribution is -2.29. The summed E-state index contributed by atoms with van der Waals surface area (Å²) in [6, 6.07) is 12.0. The highest BCUT2D eigenvalue weighted by Gasteiger charge is 2.18. The van der Waals surface area contributed by atoms with Crippen LogP contribution in [0.4, 0.5) is 5.69 Å². The minimum Gasteiger partial charge on any atom is -0.492 e. The highest BCUT2D eigenvalue weighted by Crippen LogP contribution is 2.26. The molecule has 1 atom stereocenters. The zero-order chi connectivity index (χ0) is 19.8. The van der Waals surface area contributed by atoms with Crippen LogP contribution in [0.25, 0.3) is 6.08 Å². The number of rotatable bonds is 7. The van der Waals surface area contributed by atoms with Crippen molar-refractivity contribution in [2.24, 2.45) is 0 Å². The Labute approximate surface area is 167 Å². The van der Waals surface area contributed by atoms with Gasteiger partial charge in [0.2, 0.25) is 0 Å². The zero-order valence-corrected chi connectivity index (χ0v) is 16.4. The smallest absolute Gasteiger partial charge is 0.331 e. The van der Waals surface area contributed by atoms with Gasteiger partial charge in [0.1, 0.15) is 5.75 Å². The van der Waals surface area contributed by atoms with E-state index in [0.717, 1.165) is 0 Å². The van der Waals surface area contributed by atoms with Crippen LogP contribution in [0.3, 0.4) is 0 Å². The van der Waals surface area contributed by atoms with Crippen LogP contribution in [0.2, 0.25) is 10.0 Å². The Bertz CT molecular complexity index is 831. The van der Waals surface area contributed by atoms with E-state index in [1.165, 1.54) is 19.1 Å². The van der Waals surface area contributed by atoms with Gasteiger partial charge in [0.05, 0.1) is 12.3 Å². The molecule has 0 heterocycles. The lowest BCUT2D eigenvalue weighted by atomic mass is 10.2. The molecule has 1 amide bonds. The summed E-state index contributed by atoms with van der Waals surface area (Å²) in [5, 5.41) is 3.50. The molecule has 2 aromatic rings. The van der Waals surface area contributed by atoms with E-state index < -0.39 is 18.0 Å². The molecule has 0 aromatic heterocycles. The monoisotopic (exact) mass is 407 g/mol. The summed E-state index contributed by atoms with van der Waals surface area (Å²) in [7, 11) is 0. The summed E-state index contributed by atoms with van der Waals surface area (Å²) >= 11 is 12.1. The largest absolute Gasteiger partial charge is 0.492 e. The van der Waals surface area contributed by atoms with E-state index in [4.69, 9.17) is 32.7 Å². The summed E-state index contributed by atoms with van der Waals surface area (Å²) in [5.41, 5.74) is 1.01. The van der Waals surface area contributed by atoms with Crippen molar-refractivity contribution in [1.29, 1.82) is 0 Å². The van der Waals surface area contributed by atoms with Crippen LogP contribution >= 0.6 is 23.2 Å². The topological polar surface area (TPSA) is 64.6 Å². The summed E-state index contributed by atoms with van der Waals surface area (Å²) in [6.07, 6.45) is 1.62. The Balaban J connectivity index is 1.98. The van der Waals surface area contributed by atoms with Crippen molar-refractivity contribution in [3.63, 3.8) is 0 Å². The maximum Gasteiger partial charge on any atom is 0.331 e. The molecular formula is C20H19Cl2NO4. The number of hydrogen-bond donors (Lipinski definition) is 1. The molecule has 2 aromatic carbocycles. The molecule has 1 N–H and O–H groups in total. The van der Waals surface area contributed by atoms with Gasteiger partial charge in [0.25, 0.3) is 5.91 Å². The first kappa shape index (κ1) is 20.8. The molecule has 0 saturated carbocycles. The molecule has 0 saturated heterocycles. The summed E-state index contributed by atoms with van der Waals surface area (Å²) in [4.78, 5) is 24.3. The van der Waals surface area contributed by atoms with E-state index in [2.05, 4.69) is 5.32 Å². The number of anilines is 1. The Hall–Kier alpha value is -2.50. The van der Waals surface area contributed by atoms with Crippen molar-refractivity contribution in [3.05, 3.63) is 64.1 Å². The number of amides is 1. The van der Waals surface area contributed by atoms with Gasteiger partial charge in [-0.3, -0.25) is 4.79 Å². The fourth-order valence-corrected chi connectivity index (χ4v) is 2.70. The number of hydrogen-bond acceptors (Lipinski definition) is 4. The van der Waals surface area contributed by atoms with Crippen LogP contribution in [0.1, 0.15) is 19.4 Å². The van der Waals surface area contributed by atoms with Gasteiger partial charge in [-0.1, -0.05) is 41.4 Å². The Kier molecular flexibility index (Phi) is 7.70. The summed E-state index contributed by atoms with van der Waals surface area (Å²) in [5.74, 6) is -0.619. The molecule has 27 heavy (non-hydrogen) atoms. The third kappa shape index (κ3) is 6.01. The predicted octanol–water partition coefficient (Wildman–Crippen LogP) is 4.98. The van der Waals surface area contributed by atoms with Gasteiger partial charge in [0, 0.05) is 21.7 Å². The molecule has 0 aliphatic rings. The number of carbonyl (C=O) groups excluding carboxylic acids is 2. The van der Waals surface area contributed by atoms with Crippen LogP contribution in [0.15, 0.2) is 48.5 Å². The predicted molar refractivity (Wildman–Crippen MR) is 107 cm³/mol. The van der Waals surface area contributed by atoms with Gasteiger partial charge in [-0.15, -0.1) is 0 Å². The fraction of sp³-hybridized carbons (Fsp3) is 0.200. The second-order valence-electron chi connectivity index (χ2n) is 5.47. The quantitative estimate of drug-likeness (QED) is 0.519. The van der Waals surface area contributed by atoms with Crippen molar-refractivity contribution in [3.8, 4) is 5.75 Å². The van der Waals surface area contributed by atoms with E-state index in [0.29, 0.717) is 33.7 Å². The van der Waals surface area contributed by atoms with Gasteiger partial charge in [-0.25, -0.2) is 4.79 Å². The molecule has 0 aliphatic carbocycles. The number of benzene rings is 2. The van der Waals surface area contributed by atoms with Crippen molar-refractivity contribution in [1.82, 2.24) is 0 Å². The lowest BCUT2D eigenvalue weighted by molar-refractivity contribution is -0.148. The van der Waals surface area contributed by atoms with Gasteiger partial charge in [-0.2, -0.15) is 0 Å². The zero-order valence-electron chi connectivity index (χ0n) is 14.9. The number of esters is 1. The molecule has 142 valence electrons. The number of halogens is 2. The second kappa shape index (κ2) is 10.00. The van der Waals surface area contributed by atoms with E-state index in [1.807, 2.05) is 6.92 Å². The van der Waals surface area contributed by atoms with Crippen molar-refractivity contribution < 1.29 is 19.1 Å². The Morgan fingerprint density at radius 1 is 1.11 bits per heavy atom. The van der Waals surface area contributed by atoms with Crippen molar-refractivity contribution in [2.75, 3.05) is 11.9 Å². The highest BCUT2D eigenvalue weighted by molar-refractivity contribution is 6.37. The minimum absolute atomic E-state index is 0.407. The van der Waals surface area contributed by atoms with E-state index in [-0.39, 0.29) is 0 Å². The summed E-state index contributed by atoms with van der Waals surface area (Å²) < 4.78 is 10.6. The molecule has 5 nitrogen and oxygen atoms in total. The first-order chi connectivity index (χ1) is 12.9. The molecule has 0 fully saturated rings. The van der Waals surface area contributed by atoms with E-state index in [9.17, 15) is 9.59 Å². The first-order valence-electron chi connectivity index (χ1n) is 8.27. The molecule has 0 aliphatic heterocycles. The Morgan fingerprint density at radius 2 is 1.78 bits per heavy atom. The minimum atomic E-state index is -1.00. The second-order valence-corrected chi connectivity index (χ2v) is 6.28. The number of para-hydroxylation sites is 2. The maximum atomic E-state index is 12.3. The van der Waals surface area contributed by atoms with Crippen LogP contribution in [-0.2, 0) is 14.3 Å². The SMILES string of the molecule is CCOc1ccccc1NC(=O)[C@H](C)OC(=O)/C=C/c1c(Cl)cccc1Cl. The van der Waals surface area contributed by atoms with Crippen LogP contribution in [0.5, 0.6) is 5.75 Å². The van der Waals surface area contributed by atoms with Gasteiger partial charge in [0.15, 0.2) is 6.10 Å². The highest BCUT2D eigenvalue weighted by atomic mass is 35.5. The lowest BCUT2D eigenvalue weighted by Gasteiger charge is -2.15. The van der Waals surface area contributed by atoms with Crippen molar-refractivity contribution >= 4 is 46.8 Å². The summed E-state index contributed by atoms with van der Waals surface area (Å²) in [6.45, 7) is 3.79. The maximum absolute atomic E-state index is 12.3. The van der Waals surface area contributed by atoms with Gasteiger partial charge in [-0.05, 0) is 44.2 Å². The molecule has 2 rings (SSSR count). The molecule has 0 spiro atoms. The van der Waals surface area contributed by atoms with Crippen molar-refractivity contribution in [2.45, 2.75) is 20.0 Å². The van der Waals surface area contributed by atoms with Crippen LogP contribution in [0, 0.1) is 0 Å². The Morgan fingerprint density at radius 3 is 2.44 bits per heavy atom. The molecule has 7 heteroatoms. The van der Waals surface area contributed by atoms with E-state index >= 15 is 0 Å². The third-order valence-electron chi connectivity index (χ3n) is 3.49. The van der Waals surface area contributed by atoms with Gasteiger partial charge < -0.3 is 14.8 Å². The first-order valence-corrected chi connectivity index (χ1v) is 9.03. The standard InChI is InChI=1S/C20H19Cl2NO4/c1-3-26-18-10-5-4-9-17(18)23-20(25)13(2)27-19(24)12-11-14-15(21)7-6-8-16(14)22/h4-13H,3H2,1-2H3,(H,23,25)/b12-11+/t13-/m0/s1. The molecular weight excluding hydrogens is 389 g/mol. The average Bonchev–Trinajstić information content (AvgIpc) is 2.63.